The second kappa shape index (κ2) is 8.38. The average molecular weight is 440 g/mol. The van der Waals surface area contributed by atoms with Crippen LogP contribution in [0.1, 0.15) is 18.1 Å². The van der Waals surface area contributed by atoms with E-state index < -0.39 is 0 Å². The van der Waals surface area contributed by atoms with Gasteiger partial charge in [0.15, 0.2) is 0 Å². The Kier molecular flexibility index (Phi) is 5.09. The fourth-order valence-corrected chi connectivity index (χ4v) is 4.38. The molecule has 0 amide bonds. The zero-order valence-corrected chi connectivity index (χ0v) is 18.5. The van der Waals surface area contributed by atoms with Crippen LogP contribution in [0.25, 0.3) is 22.5 Å². The molecule has 0 unspecified atom stereocenters. The Labute approximate surface area is 192 Å². The number of nitrogens with zero attached hydrogens (tertiary/aromatic N) is 6. The van der Waals surface area contributed by atoms with Crippen molar-refractivity contribution in [1.82, 2.24) is 29.6 Å². The van der Waals surface area contributed by atoms with Crippen LogP contribution in [0.5, 0.6) is 0 Å². The van der Waals surface area contributed by atoms with Gasteiger partial charge in [0, 0.05) is 61.2 Å². The molecule has 1 saturated heterocycles. The number of hydrogen-bond donors (Lipinski definition) is 1. The van der Waals surface area contributed by atoms with Crippen molar-refractivity contribution < 1.29 is 4.74 Å². The van der Waals surface area contributed by atoms with Crippen molar-refractivity contribution in [3.05, 3.63) is 72.3 Å². The third-order valence-corrected chi connectivity index (χ3v) is 6.30. The summed E-state index contributed by atoms with van der Waals surface area (Å²) in [5.41, 5.74) is 7.35. The highest BCUT2D eigenvalue weighted by molar-refractivity contribution is 5.78. The average Bonchev–Trinajstić information content (AvgIpc) is 3.43. The first-order valence-electron chi connectivity index (χ1n) is 11.3. The highest BCUT2D eigenvalue weighted by Gasteiger charge is 2.30. The summed E-state index contributed by atoms with van der Waals surface area (Å²) in [6, 6.07) is 12.9. The summed E-state index contributed by atoms with van der Waals surface area (Å²) in [5, 5.41) is 8.13. The number of aromatic nitrogens is 5. The molecule has 0 atom stereocenters. The van der Waals surface area contributed by atoms with E-state index >= 15 is 0 Å². The zero-order chi connectivity index (χ0) is 22.2. The Morgan fingerprint density at radius 3 is 2.79 bits per heavy atom. The molecule has 8 nitrogen and oxygen atoms in total. The summed E-state index contributed by atoms with van der Waals surface area (Å²) in [5.74, 6) is 0.566. The molecular weight excluding hydrogens is 414 g/mol. The van der Waals surface area contributed by atoms with Crippen molar-refractivity contribution in [2.75, 3.05) is 18.5 Å². The number of aryl methyl sites for hydroxylation is 1. The van der Waals surface area contributed by atoms with Crippen LogP contribution in [0.2, 0.25) is 0 Å². The minimum Gasteiger partial charge on any atom is -0.378 e. The summed E-state index contributed by atoms with van der Waals surface area (Å²) in [6.07, 6.45) is 7.41. The van der Waals surface area contributed by atoms with Crippen LogP contribution >= 0.6 is 0 Å². The lowest BCUT2D eigenvalue weighted by atomic mass is 10.1. The number of anilines is 2. The number of nitrogens with one attached hydrogen (secondary N) is 1. The van der Waals surface area contributed by atoms with Crippen LogP contribution in [-0.2, 0) is 24.4 Å². The van der Waals surface area contributed by atoms with Crippen LogP contribution in [0.15, 0.2) is 61.2 Å². The number of pyridine rings is 1. The van der Waals surface area contributed by atoms with Gasteiger partial charge in [0.1, 0.15) is 5.69 Å². The lowest BCUT2D eigenvalue weighted by molar-refractivity contribution is -0.0669. The molecule has 0 bridgehead atoms. The van der Waals surface area contributed by atoms with E-state index in [9.17, 15) is 0 Å². The molecule has 0 aliphatic carbocycles. The zero-order valence-electron chi connectivity index (χ0n) is 18.5. The Morgan fingerprint density at radius 1 is 1.09 bits per heavy atom. The first-order chi connectivity index (χ1) is 16.3. The summed E-state index contributed by atoms with van der Waals surface area (Å²) in [6.45, 7) is 6.50. The van der Waals surface area contributed by atoms with Crippen molar-refractivity contribution in [3.63, 3.8) is 0 Å². The Hall–Kier alpha value is -3.62. The van der Waals surface area contributed by atoms with E-state index in [-0.39, 0.29) is 0 Å². The van der Waals surface area contributed by atoms with Crippen molar-refractivity contribution in [2.24, 2.45) is 0 Å². The molecule has 1 aromatic carbocycles. The normalized spacial score (nSPS) is 15.9. The summed E-state index contributed by atoms with van der Waals surface area (Å²) < 4.78 is 7.28. The minimum atomic E-state index is 0.548. The summed E-state index contributed by atoms with van der Waals surface area (Å²) in [4.78, 5) is 16.0. The first-order valence-corrected chi connectivity index (χ1v) is 11.3. The van der Waals surface area contributed by atoms with Crippen LogP contribution < -0.4 is 5.32 Å². The molecule has 2 aliphatic heterocycles. The summed E-state index contributed by atoms with van der Waals surface area (Å²) >= 11 is 0. The molecule has 2 aliphatic rings. The van der Waals surface area contributed by atoms with Gasteiger partial charge in [-0.05, 0) is 48.4 Å². The third-order valence-electron chi connectivity index (χ3n) is 6.30. The fourth-order valence-electron chi connectivity index (χ4n) is 4.38. The van der Waals surface area contributed by atoms with Gasteiger partial charge >= 0.3 is 0 Å². The maximum absolute atomic E-state index is 5.36. The standard InChI is InChI=1S/C25H25N7O/c1-2-32-14-22(24(30-32)17-4-3-8-26-11-17)23-7-9-27-25(29-23)28-20-6-5-18-12-31(13-19(18)10-20)21-15-33-16-21/h3-11,14,21H,2,12-13,15-16H2,1H3,(H,27,28,29). The monoisotopic (exact) mass is 439 g/mol. The minimum absolute atomic E-state index is 0.548. The Balaban J connectivity index is 1.27. The van der Waals surface area contributed by atoms with Gasteiger partial charge in [-0.3, -0.25) is 14.6 Å². The molecule has 166 valence electrons. The molecule has 0 spiro atoms. The first kappa shape index (κ1) is 20.0. The van der Waals surface area contributed by atoms with Gasteiger partial charge in [0.2, 0.25) is 5.95 Å². The quantitative estimate of drug-likeness (QED) is 0.488. The second-order valence-electron chi connectivity index (χ2n) is 8.46. The molecule has 1 N–H and O–H groups in total. The predicted molar refractivity (Wildman–Crippen MR) is 126 cm³/mol. The van der Waals surface area contributed by atoms with E-state index in [4.69, 9.17) is 14.8 Å². The molecule has 4 aromatic rings. The molecular formula is C25H25N7O. The molecule has 3 aromatic heterocycles. The fraction of sp³-hybridized carbons (Fsp3) is 0.280. The van der Waals surface area contributed by atoms with Gasteiger partial charge < -0.3 is 10.1 Å². The van der Waals surface area contributed by atoms with Crippen LogP contribution in [0, 0.1) is 0 Å². The van der Waals surface area contributed by atoms with Gasteiger partial charge in [-0.15, -0.1) is 0 Å². The molecule has 33 heavy (non-hydrogen) atoms. The van der Waals surface area contributed by atoms with Gasteiger partial charge in [0.25, 0.3) is 0 Å². The molecule has 0 saturated carbocycles. The number of hydrogen-bond acceptors (Lipinski definition) is 7. The van der Waals surface area contributed by atoms with Crippen molar-refractivity contribution in [2.45, 2.75) is 32.6 Å². The van der Waals surface area contributed by atoms with E-state index in [0.29, 0.717) is 12.0 Å². The SMILES string of the molecule is CCn1cc(-c2ccnc(Nc3ccc4c(c3)CN(C3COC3)C4)n2)c(-c2cccnc2)n1. The molecule has 5 heterocycles. The van der Waals surface area contributed by atoms with Crippen molar-refractivity contribution in [1.29, 1.82) is 0 Å². The van der Waals surface area contributed by atoms with E-state index in [2.05, 4.69) is 45.3 Å². The predicted octanol–water partition coefficient (Wildman–Crippen LogP) is 3.88. The van der Waals surface area contributed by atoms with E-state index in [1.54, 1.807) is 12.4 Å². The van der Waals surface area contributed by atoms with Gasteiger partial charge in [0.05, 0.1) is 24.9 Å². The molecule has 0 radical (unpaired) electrons. The molecule has 8 heteroatoms. The Bertz CT molecular complexity index is 1280. The van der Waals surface area contributed by atoms with Crippen LogP contribution in [0.4, 0.5) is 11.6 Å². The topological polar surface area (TPSA) is 81.0 Å². The number of benzene rings is 1. The van der Waals surface area contributed by atoms with E-state index in [1.165, 1.54) is 11.1 Å². The second-order valence-corrected chi connectivity index (χ2v) is 8.46. The maximum atomic E-state index is 5.36. The van der Waals surface area contributed by atoms with E-state index in [1.807, 2.05) is 35.3 Å². The summed E-state index contributed by atoms with van der Waals surface area (Å²) in [7, 11) is 0. The largest absolute Gasteiger partial charge is 0.378 e. The molecule has 1 fully saturated rings. The lowest BCUT2D eigenvalue weighted by Crippen LogP contribution is -2.46. The number of fused-ring (bicyclic) bond motifs is 1. The lowest BCUT2D eigenvalue weighted by Gasteiger charge is -2.34. The van der Waals surface area contributed by atoms with Gasteiger partial charge in [-0.1, -0.05) is 6.07 Å². The smallest absolute Gasteiger partial charge is 0.227 e. The third kappa shape index (κ3) is 3.88. The number of rotatable bonds is 6. The maximum Gasteiger partial charge on any atom is 0.227 e. The molecule has 6 rings (SSSR count). The van der Waals surface area contributed by atoms with Crippen molar-refractivity contribution >= 4 is 11.6 Å². The van der Waals surface area contributed by atoms with E-state index in [0.717, 1.165) is 61.1 Å². The van der Waals surface area contributed by atoms with Crippen molar-refractivity contribution in [3.8, 4) is 22.5 Å². The Morgan fingerprint density at radius 2 is 2.00 bits per heavy atom. The highest BCUT2D eigenvalue weighted by Crippen LogP contribution is 2.32. The highest BCUT2D eigenvalue weighted by atomic mass is 16.5. The number of ether oxygens (including phenoxy) is 1. The van der Waals surface area contributed by atoms with Crippen LogP contribution in [0.3, 0.4) is 0 Å². The van der Waals surface area contributed by atoms with Gasteiger partial charge in [-0.25, -0.2) is 9.97 Å². The van der Waals surface area contributed by atoms with Crippen LogP contribution in [-0.4, -0.2) is 48.9 Å². The van der Waals surface area contributed by atoms with Gasteiger partial charge in [-0.2, -0.15) is 5.10 Å².